The van der Waals surface area contributed by atoms with Gasteiger partial charge >= 0.3 is 0 Å². The first-order valence-corrected chi connectivity index (χ1v) is 6.53. The molecule has 1 aromatic rings. The highest BCUT2D eigenvalue weighted by atomic mass is 16.2. The Morgan fingerprint density at radius 2 is 2.21 bits per heavy atom. The molecule has 0 spiro atoms. The van der Waals surface area contributed by atoms with Crippen LogP contribution in [0.4, 0.5) is 11.4 Å². The highest BCUT2D eigenvalue weighted by Gasteiger charge is 2.35. The van der Waals surface area contributed by atoms with Gasteiger partial charge in [-0.05, 0) is 24.6 Å². The van der Waals surface area contributed by atoms with Crippen molar-refractivity contribution in [3.05, 3.63) is 23.8 Å². The molecule has 19 heavy (non-hydrogen) atoms. The Hall–Kier alpha value is -2.22. The number of amides is 1. The van der Waals surface area contributed by atoms with E-state index in [0.717, 1.165) is 31.7 Å². The van der Waals surface area contributed by atoms with Crippen LogP contribution in [0.25, 0.3) is 0 Å². The molecular weight excluding hydrogens is 240 g/mol. The fourth-order valence-electron chi connectivity index (χ4n) is 2.94. The lowest BCUT2D eigenvalue weighted by molar-refractivity contribution is -0.129. The van der Waals surface area contributed by atoms with Crippen LogP contribution in [0.15, 0.2) is 18.2 Å². The number of carbonyl (C=O) groups is 1. The van der Waals surface area contributed by atoms with Crippen molar-refractivity contribution in [2.75, 3.05) is 30.3 Å². The van der Waals surface area contributed by atoms with Gasteiger partial charge in [0.1, 0.15) is 6.07 Å². The highest BCUT2D eigenvalue weighted by Crippen LogP contribution is 2.27. The van der Waals surface area contributed by atoms with Crippen LogP contribution in [0.1, 0.15) is 18.4 Å². The van der Waals surface area contributed by atoms with E-state index in [1.807, 2.05) is 17.0 Å². The number of nitrogens with two attached hydrogens (primary N) is 1. The molecule has 0 saturated carbocycles. The number of nitrogen functional groups attached to an aromatic ring is 1. The standard InChI is InChI=1S/C14H16N4O/c15-8-10-7-11(1-3-13(10)16)17-5-6-18-12(9-17)2-4-14(18)19/h1,3,7,12H,2,4-6,9,16H2. The summed E-state index contributed by atoms with van der Waals surface area (Å²) in [5.41, 5.74) is 7.79. The third-order valence-corrected chi connectivity index (χ3v) is 4.02. The lowest BCUT2D eigenvalue weighted by Gasteiger charge is -2.39. The lowest BCUT2D eigenvalue weighted by Crippen LogP contribution is -2.51. The van der Waals surface area contributed by atoms with E-state index in [1.54, 1.807) is 6.07 Å². The number of benzene rings is 1. The first kappa shape index (κ1) is 11.8. The molecule has 1 unspecified atom stereocenters. The largest absolute Gasteiger partial charge is 0.398 e. The van der Waals surface area contributed by atoms with Gasteiger partial charge in [-0.15, -0.1) is 0 Å². The molecule has 3 rings (SSSR count). The predicted molar refractivity (Wildman–Crippen MR) is 72.5 cm³/mol. The number of hydrogen-bond acceptors (Lipinski definition) is 4. The molecule has 2 heterocycles. The first-order chi connectivity index (χ1) is 9.19. The summed E-state index contributed by atoms with van der Waals surface area (Å²) < 4.78 is 0. The fourth-order valence-corrected chi connectivity index (χ4v) is 2.94. The second-order valence-electron chi connectivity index (χ2n) is 5.11. The zero-order valence-electron chi connectivity index (χ0n) is 10.7. The Bertz CT molecular complexity index is 563. The molecule has 0 radical (unpaired) electrons. The lowest BCUT2D eigenvalue weighted by atomic mass is 10.1. The van der Waals surface area contributed by atoms with E-state index in [9.17, 15) is 4.79 Å². The Labute approximate surface area is 112 Å². The van der Waals surface area contributed by atoms with Crippen LogP contribution in [0.3, 0.4) is 0 Å². The smallest absolute Gasteiger partial charge is 0.223 e. The van der Waals surface area contributed by atoms with Crippen LogP contribution >= 0.6 is 0 Å². The number of carbonyl (C=O) groups excluding carboxylic acids is 1. The maximum absolute atomic E-state index is 11.6. The summed E-state index contributed by atoms with van der Waals surface area (Å²) in [5, 5.41) is 9.02. The Morgan fingerprint density at radius 3 is 3.00 bits per heavy atom. The molecule has 5 heteroatoms. The Kier molecular flexibility index (Phi) is 2.79. The molecule has 0 bridgehead atoms. The molecule has 0 aromatic heterocycles. The van der Waals surface area contributed by atoms with Gasteiger partial charge in [-0.2, -0.15) is 5.26 Å². The van der Waals surface area contributed by atoms with E-state index in [-0.39, 0.29) is 5.91 Å². The maximum Gasteiger partial charge on any atom is 0.223 e. The average Bonchev–Trinajstić information content (AvgIpc) is 2.80. The summed E-state index contributed by atoms with van der Waals surface area (Å²) in [5.74, 6) is 0.277. The van der Waals surface area contributed by atoms with Crippen LogP contribution < -0.4 is 10.6 Å². The number of hydrogen-bond donors (Lipinski definition) is 1. The van der Waals surface area contributed by atoms with Gasteiger partial charge in [0, 0.05) is 43.5 Å². The molecule has 5 nitrogen and oxygen atoms in total. The molecule has 2 fully saturated rings. The topological polar surface area (TPSA) is 73.4 Å². The molecule has 2 N–H and O–H groups in total. The highest BCUT2D eigenvalue weighted by molar-refractivity contribution is 5.79. The normalized spacial score (nSPS) is 22.3. The summed E-state index contributed by atoms with van der Waals surface area (Å²) in [6.45, 7) is 2.44. The summed E-state index contributed by atoms with van der Waals surface area (Å²) in [6, 6.07) is 8.00. The molecule has 2 aliphatic heterocycles. The third kappa shape index (κ3) is 1.99. The molecule has 1 aromatic carbocycles. The predicted octanol–water partition coefficient (Wildman–Crippen LogP) is 0.951. The summed E-state index contributed by atoms with van der Waals surface area (Å²) in [4.78, 5) is 15.9. The quantitative estimate of drug-likeness (QED) is 0.759. The van der Waals surface area contributed by atoms with Gasteiger partial charge in [0.05, 0.1) is 5.56 Å². The first-order valence-electron chi connectivity index (χ1n) is 6.53. The van der Waals surface area contributed by atoms with E-state index in [0.29, 0.717) is 23.7 Å². The molecule has 0 aliphatic carbocycles. The monoisotopic (exact) mass is 256 g/mol. The minimum atomic E-state index is 0.277. The van der Waals surface area contributed by atoms with Crippen LogP contribution in [0.5, 0.6) is 0 Å². The Balaban J connectivity index is 1.81. The van der Waals surface area contributed by atoms with Crippen molar-refractivity contribution in [3.8, 4) is 6.07 Å². The second kappa shape index (κ2) is 4.47. The summed E-state index contributed by atoms with van der Waals surface area (Å²) in [6.07, 6.45) is 1.61. The molecule has 2 saturated heterocycles. The number of fused-ring (bicyclic) bond motifs is 1. The van der Waals surface area contributed by atoms with Gasteiger partial charge in [0.25, 0.3) is 0 Å². The number of anilines is 2. The molecule has 1 atom stereocenters. The van der Waals surface area contributed by atoms with E-state index in [2.05, 4.69) is 11.0 Å². The summed E-state index contributed by atoms with van der Waals surface area (Å²) in [7, 11) is 0. The SMILES string of the molecule is N#Cc1cc(N2CCN3C(=O)CCC3C2)ccc1N. The van der Waals surface area contributed by atoms with E-state index < -0.39 is 0 Å². The van der Waals surface area contributed by atoms with Gasteiger partial charge < -0.3 is 15.5 Å². The maximum atomic E-state index is 11.6. The number of nitrogens with zero attached hydrogens (tertiary/aromatic N) is 3. The van der Waals surface area contributed by atoms with Crippen LogP contribution in [0.2, 0.25) is 0 Å². The molecule has 2 aliphatic rings. The van der Waals surface area contributed by atoms with Gasteiger partial charge in [0.15, 0.2) is 0 Å². The number of nitriles is 1. The fraction of sp³-hybridized carbons (Fsp3) is 0.429. The van der Waals surface area contributed by atoms with Crippen molar-refractivity contribution < 1.29 is 4.79 Å². The number of rotatable bonds is 1. The van der Waals surface area contributed by atoms with Crippen molar-refractivity contribution in [3.63, 3.8) is 0 Å². The van der Waals surface area contributed by atoms with Crippen molar-refractivity contribution in [1.82, 2.24) is 4.90 Å². The third-order valence-electron chi connectivity index (χ3n) is 4.02. The van der Waals surface area contributed by atoms with Crippen LogP contribution in [-0.2, 0) is 4.79 Å². The van der Waals surface area contributed by atoms with E-state index in [1.165, 1.54) is 0 Å². The average molecular weight is 256 g/mol. The minimum Gasteiger partial charge on any atom is -0.398 e. The zero-order valence-corrected chi connectivity index (χ0v) is 10.7. The molecule has 1 amide bonds. The van der Waals surface area contributed by atoms with Gasteiger partial charge in [-0.3, -0.25) is 4.79 Å². The number of piperazine rings is 1. The zero-order chi connectivity index (χ0) is 13.4. The second-order valence-corrected chi connectivity index (χ2v) is 5.11. The van der Waals surface area contributed by atoms with Crippen molar-refractivity contribution >= 4 is 17.3 Å². The van der Waals surface area contributed by atoms with E-state index >= 15 is 0 Å². The van der Waals surface area contributed by atoms with E-state index in [4.69, 9.17) is 11.0 Å². The van der Waals surface area contributed by atoms with Crippen molar-refractivity contribution in [1.29, 1.82) is 5.26 Å². The van der Waals surface area contributed by atoms with Gasteiger partial charge in [-0.1, -0.05) is 0 Å². The minimum absolute atomic E-state index is 0.277. The molecule has 98 valence electrons. The molecular formula is C14H16N4O. The van der Waals surface area contributed by atoms with Gasteiger partial charge in [0.2, 0.25) is 5.91 Å². The Morgan fingerprint density at radius 1 is 1.37 bits per heavy atom. The van der Waals surface area contributed by atoms with Gasteiger partial charge in [-0.25, -0.2) is 0 Å². The van der Waals surface area contributed by atoms with Crippen molar-refractivity contribution in [2.24, 2.45) is 0 Å². The van der Waals surface area contributed by atoms with Crippen molar-refractivity contribution in [2.45, 2.75) is 18.9 Å². The van der Waals surface area contributed by atoms with Crippen LogP contribution in [0, 0.1) is 11.3 Å². The summed E-state index contributed by atoms with van der Waals surface area (Å²) >= 11 is 0. The van der Waals surface area contributed by atoms with Crippen LogP contribution in [-0.4, -0.2) is 36.5 Å².